The van der Waals surface area contributed by atoms with Gasteiger partial charge in [0.05, 0.1) is 16.5 Å². The maximum absolute atomic E-state index is 12.7. The number of hydrogen-bond acceptors (Lipinski definition) is 4. The Morgan fingerprint density at radius 1 is 1.29 bits per heavy atom. The third-order valence-electron chi connectivity index (χ3n) is 3.39. The predicted molar refractivity (Wildman–Crippen MR) is 69.2 cm³/mol. The van der Waals surface area contributed by atoms with Gasteiger partial charge in [-0.2, -0.15) is 13.2 Å². The molecule has 0 saturated carbocycles. The largest absolute Gasteiger partial charge is 0.501 e. The number of hydrogen-bond donors (Lipinski definition) is 1. The topological polar surface area (TPSA) is 80.5 Å². The molecule has 1 fully saturated rings. The molecule has 1 aliphatic rings. The van der Waals surface area contributed by atoms with Crippen molar-refractivity contribution < 1.29 is 26.4 Å². The molecule has 9 heteroatoms. The molecule has 0 aromatic heterocycles. The van der Waals surface area contributed by atoms with E-state index in [1.807, 2.05) is 0 Å². The van der Waals surface area contributed by atoms with Gasteiger partial charge in [0.25, 0.3) is 9.84 Å². The first-order valence-corrected chi connectivity index (χ1v) is 7.57. The minimum atomic E-state index is -5.44. The molecule has 0 aliphatic carbocycles. The van der Waals surface area contributed by atoms with Crippen molar-refractivity contribution in [1.82, 2.24) is 0 Å². The molecule has 2 rings (SSSR count). The van der Waals surface area contributed by atoms with Gasteiger partial charge in [0.2, 0.25) is 5.91 Å². The fourth-order valence-electron chi connectivity index (χ4n) is 2.28. The SMILES string of the molecule is NC(=O)C1CCN(c2ccccc2S(=O)(=O)C(F)(F)F)C1. The van der Waals surface area contributed by atoms with Crippen molar-refractivity contribution in [2.75, 3.05) is 18.0 Å². The summed E-state index contributed by atoms with van der Waals surface area (Å²) in [5.41, 5.74) is -0.259. The molecule has 1 amide bonds. The molecule has 1 saturated heterocycles. The van der Waals surface area contributed by atoms with Gasteiger partial charge >= 0.3 is 5.51 Å². The summed E-state index contributed by atoms with van der Waals surface area (Å²) < 4.78 is 61.3. The first-order valence-electron chi connectivity index (χ1n) is 6.09. The summed E-state index contributed by atoms with van der Waals surface area (Å²) in [5.74, 6) is -1.04. The second-order valence-electron chi connectivity index (χ2n) is 4.75. The van der Waals surface area contributed by atoms with Crippen LogP contribution in [0.3, 0.4) is 0 Å². The van der Waals surface area contributed by atoms with Crippen LogP contribution in [0.1, 0.15) is 6.42 Å². The molecular weight excluding hydrogens is 309 g/mol. The normalized spacial score (nSPS) is 19.8. The summed E-state index contributed by atoms with van der Waals surface area (Å²) in [7, 11) is -5.44. The van der Waals surface area contributed by atoms with E-state index in [1.54, 1.807) is 0 Å². The Morgan fingerprint density at radius 2 is 1.90 bits per heavy atom. The Labute approximate surface area is 119 Å². The number of sulfone groups is 1. The lowest BCUT2D eigenvalue weighted by atomic mass is 10.1. The molecule has 0 spiro atoms. The fourth-order valence-corrected chi connectivity index (χ4v) is 3.26. The number of nitrogens with zero attached hydrogens (tertiary/aromatic N) is 1. The second kappa shape index (κ2) is 5.21. The monoisotopic (exact) mass is 322 g/mol. The molecule has 1 aromatic rings. The number of carbonyl (C=O) groups is 1. The van der Waals surface area contributed by atoms with Gasteiger partial charge in [0, 0.05) is 13.1 Å². The number of primary amides is 1. The van der Waals surface area contributed by atoms with E-state index in [0.717, 1.165) is 6.07 Å². The van der Waals surface area contributed by atoms with Crippen molar-refractivity contribution in [3.63, 3.8) is 0 Å². The molecule has 1 unspecified atom stereocenters. The lowest BCUT2D eigenvalue weighted by molar-refractivity contribution is -0.121. The Balaban J connectivity index is 2.42. The van der Waals surface area contributed by atoms with Crippen LogP contribution < -0.4 is 10.6 Å². The Morgan fingerprint density at radius 3 is 2.43 bits per heavy atom. The molecule has 5 nitrogen and oxygen atoms in total. The lowest BCUT2D eigenvalue weighted by Gasteiger charge is -2.22. The minimum absolute atomic E-state index is 0.0569. The smallest absolute Gasteiger partial charge is 0.370 e. The van der Waals surface area contributed by atoms with Crippen LogP contribution in [0.25, 0.3) is 0 Å². The number of benzene rings is 1. The van der Waals surface area contributed by atoms with Gasteiger partial charge in [-0.15, -0.1) is 0 Å². The van der Waals surface area contributed by atoms with Crippen LogP contribution in [0.2, 0.25) is 0 Å². The highest BCUT2D eigenvalue weighted by Crippen LogP contribution is 2.37. The molecule has 1 aliphatic heterocycles. The number of carbonyl (C=O) groups excluding carboxylic acids is 1. The van der Waals surface area contributed by atoms with Crippen LogP contribution in [-0.2, 0) is 14.6 Å². The zero-order valence-corrected chi connectivity index (χ0v) is 11.6. The van der Waals surface area contributed by atoms with Crippen LogP contribution in [-0.4, -0.2) is 32.9 Å². The van der Waals surface area contributed by atoms with E-state index < -0.39 is 32.1 Å². The van der Waals surface area contributed by atoms with Crippen molar-refractivity contribution in [2.45, 2.75) is 16.8 Å². The summed E-state index contributed by atoms with van der Waals surface area (Å²) in [6, 6.07) is 4.88. The van der Waals surface area contributed by atoms with E-state index in [2.05, 4.69) is 0 Å². The van der Waals surface area contributed by atoms with E-state index in [4.69, 9.17) is 5.73 Å². The summed E-state index contributed by atoms with van der Waals surface area (Å²) in [6.45, 7) is 0.387. The van der Waals surface area contributed by atoms with E-state index in [9.17, 15) is 26.4 Å². The van der Waals surface area contributed by atoms with Crippen molar-refractivity contribution >= 4 is 21.4 Å². The summed E-state index contributed by atoms with van der Waals surface area (Å²) in [4.78, 5) is 11.8. The van der Waals surface area contributed by atoms with Crippen molar-refractivity contribution in [3.05, 3.63) is 24.3 Å². The molecule has 1 atom stereocenters. The van der Waals surface area contributed by atoms with Crippen molar-refractivity contribution in [3.8, 4) is 0 Å². The van der Waals surface area contributed by atoms with Crippen LogP contribution >= 0.6 is 0 Å². The van der Waals surface area contributed by atoms with E-state index >= 15 is 0 Å². The molecular formula is C12H13F3N2O3S. The van der Waals surface area contributed by atoms with Gasteiger partial charge in [-0.25, -0.2) is 8.42 Å². The molecule has 21 heavy (non-hydrogen) atoms. The Kier molecular flexibility index (Phi) is 3.87. The van der Waals surface area contributed by atoms with Gasteiger partial charge < -0.3 is 10.6 Å². The Hall–Kier alpha value is -1.77. The van der Waals surface area contributed by atoms with Crippen molar-refractivity contribution in [1.29, 1.82) is 0 Å². The number of alkyl halides is 3. The van der Waals surface area contributed by atoms with Crippen molar-refractivity contribution in [2.24, 2.45) is 11.7 Å². The standard InChI is InChI=1S/C12H13F3N2O3S/c13-12(14,15)21(19,20)10-4-2-1-3-9(10)17-6-5-8(7-17)11(16)18/h1-4,8H,5-7H2,(H2,16,18). The number of anilines is 1. The highest BCUT2D eigenvalue weighted by molar-refractivity contribution is 7.92. The van der Waals surface area contributed by atoms with Gasteiger partial charge in [-0.05, 0) is 18.6 Å². The molecule has 0 radical (unpaired) electrons. The summed E-state index contributed by atoms with van der Waals surface area (Å²) >= 11 is 0. The van der Waals surface area contributed by atoms with E-state index in [-0.39, 0.29) is 18.8 Å². The molecule has 116 valence electrons. The molecule has 1 heterocycles. The number of rotatable bonds is 3. The summed E-state index contributed by atoms with van der Waals surface area (Å²) in [6.07, 6.45) is 0.385. The predicted octanol–water partition coefficient (Wildman–Crippen LogP) is 1.29. The number of amides is 1. The lowest BCUT2D eigenvalue weighted by Crippen LogP contribution is -2.30. The highest BCUT2D eigenvalue weighted by atomic mass is 32.2. The zero-order valence-electron chi connectivity index (χ0n) is 10.8. The zero-order chi connectivity index (χ0) is 15.8. The minimum Gasteiger partial charge on any atom is -0.370 e. The average molecular weight is 322 g/mol. The quantitative estimate of drug-likeness (QED) is 0.909. The van der Waals surface area contributed by atoms with E-state index in [1.165, 1.54) is 23.1 Å². The summed E-state index contributed by atoms with van der Waals surface area (Å²) in [5, 5.41) is 0. The number of para-hydroxylation sites is 1. The first kappa shape index (κ1) is 15.6. The molecule has 2 N–H and O–H groups in total. The van der Waals surface area contributed by atoms with E-state index in [0.29, 0.717) is 6.42 Å². The van der Waals surface area contributed by atoms with Gasteiger partial charge in [0.1, 0.15) is 0 Å². The maximum atomic E-state index is 12.7. The Bertz CT molecular complexity index is 658. The second-order valence-corrected chi connectivity index (χ2v) is 6.66. The van der Waals surface area contributed by atoms with Gasteiger partial charge in [-0.1, -0.05) is 12.1 Å². The van der Waals surface area contributed by atoms with Crippen LogP contribution in [0, 0.1) is 5.92 Å². The number of nitrogens with two attached hydrogens (primary N) is 1. The molecule has 0 bridgehead atoms. The van der Waals surface area contributed by atoms with Crippen LogP contribution in [0.5, 0.6) is 0 Å². The van der Waals surface area contributed by atoms with Crippen LogP contribution in [0.15, 0.2) is 29.2 Å². The van der Waals surface area contributed by atoms with Crippen LogP contribution in [0.4, 0.5) is 18.9 Å². The van der Waals surface area contributed by atoms with Gasteiger partial charge in [-0.3, -0.25) is 4.79 Å². The average Bonchev–Trinajstić information content (AvgIpc) is 2.87. The first-order chi connectivity index (χ1) is 9.64. The fraction of sp³-hybridized carbons (Fsp3) is 0.417. The van der Waals surface area contributed by atoms with Gasteiger partial charge in [0.15, 0.2) is 0 Å². The number of halogens is 3. The maximum Gasteiger partial charge on any atom is 0.501 e. The molecule has 1 aromatic carbocycles. The third-order valence-corrected chi connectivity index (χ3v) is 4.92. The third kappa shape index (κ3) is 2.82. The highest BCUT2D eigenvalue weighted by Gasteiger charge is 2.48.